The van der Waals surface area contributed by atoms with Gasteiger partial charge in [-0.1, -0.05) is 29.8 Å². The number of benzene rings is 2. The summed E-state index contributed by atoms with van der Waals surface area (Å²) in [5.41, 5.74) is 2.67. The molecular formula is C18H18FNO. The van der Waals surface area contributed by atoms with E-state index in [0.717, 1.165) is 24.0 Å². The Morgan fingerprint density at radius 2 is 1.90 bits per heavy atom. The maximum absolute atomic E-state index is 13.3. The molecule has 1 aliphatic rings. The molecule has 21 heavy (non-hydrogen) atoms. The molecule has 0 N–H and O–H groups in total. The minimum atomic E-state index is -0.258. The Balaban J connectivity index is 1.81. The Kier molecular flexibility index (Phi) is 3.74. The Labute approximate surface area is 124 Å². The summed E-state index contributed by atoms with van der Waals surface area (Å²) in [5, 5.41) is 0. The van der Waals surface area contributed by atoms with Gasteiger partial charge in [0.25, 0.3) is 5.91 Å². The summed E-state index contributed by atoms with van der Waals surface area (Å²) < 4.78 is 13.3. The Morgan fingerprint density at radius 1 is 1.19 bits per heavy atom. The minimum Gasteiger partial charge on any atom is -0.331 e. The zero-order chi connectivity index (χ0) is 14.8. The molecule has 1 aliphatic carbocycles. The molecule has 0 atom stereocenters. The lowest BCUT2D eigenvalue weighted by atomic mass is 10.1. The van der Waals surface area contributed by atoms with Crippen LogP contribution in [0.3, 0.4) is 0 Å². The number of carbonyl (C=O) groups is 1. The van der Waals surface area contributed by atoms with E-state index < -0.39 is 0 Å². The number of nitrogens with zero attached hydrogens (tertiary/aromatic N) is 1. The molecule has 1 fully saturated rings. The molecule has 2 nitrogen and oxygen atoms in total. The molecule has 3 rings (SSSR count). The first-order chi connectivity index (χ1) is 10.1. The van der Waals surface area contributed by atoms with Crippen LogP contribution in [0, 0.1) is 12.7 Å². The second-order valence-corrected chi connectivity index (χ2v) is 5.66. The van der Waals surface area contributed by atoms with Gasteiger partial charge in [0.05, 0.1) is 0 Å². The molecule has 1 saturated carbocycles. The number of aryl methyl sites for hydroxylation is 1. The fourth-order valence-corrected chi connectivity index (χ4v) is 2.45. The van der Waals surface area contributed by atoms with Gasteiger partial charge in [-0.15, -0.1) is 0 Å². The molecule has 0 heterocycles. The highest BCUT2D eigenvalue weighted by molar-refractivity contribution is 5.94. The summed E-state index contributed by atoms with van der Waals surface area (Å²) in [4.78, 5) is 14.5. The fourth-order valence-electron chi connectivity index (χ4n) is 2.45. The summed E-state index contributed by atoms with van der Waals surface area (Å²) in [7, 11) is 0. The summed E-state index contributed by atoms with van der Waals surface area (Å²) in [5.74, 6) is -0.229. The van der Waals surface area contributed by atoms with Gasteiger partial charge in [0.2, 0.25) is 0 Å². The van der Waals surface area contributed by atoms with Crippen LogP contribution in [0.5, 0.6) is 0 Å². The van der Waals surface area contributed by atoms with E-state index in [-0.39, 0.29) is 11.7 Å². The largest absolute Gasteiger partial charge is 0.331 e. The van der Waals surface area contributed by atoms with Crippen LogP contribution >= 0.6 is 0 Å². The van der Waals surface area contributed by atoms with Crippen LogP contribution in [-0.2, 0) is 6.54 Å². The molecule has 1 amide bonds. The van der Waals surface area contributed by atoms with Gasteiger partial charge in [0.15, 0.2) is 0 Å². The Hall–Kier alpha value is -2.16. The zero-order valence-electron chi connectivity index (χ0n) is 12.1. The molecule has 0 unspecified atom stereocenters. The maximum atomic E-state index is 13.3. The van der Waals surface area contributed by atoms with Crippen LogP contribution in [0.4, 0.5) is 4.39 Å². The van der Waals surface area contributed by atoms with Crippen LogP contribution in [0.1, 0.15) is 34.3 Å². The highest BCUT2D eigenvalue weighted by atomic mass is 19.1. The van der Waals surface area contributed by atoms with Crippen LogP contribution in [-0.4, -0.2) is 16.8 Å². The van der Waals surface area contributed by atoms with Gasteiger partial charge in [-0.25, -0.2) is 4.39 Å². The van der Waals surface area contributed by atoms with Gasteiger partial charge in [0, 0.05) is 18.2 Å². The van der Waals surface area contributed by atoms with Crippen LogP contribution in [0.2, 0.25) is 0 Å². The Morgan fingerprint density at radius 3 is 2.52 bits per heavy atom. The first-order valence-electron chi connectivity index (χ1n) is 7.25. The van der Waals surface area contributed by atoms with Crippen LogP contribution in [0.25, 0.3) is 0 Å². The predicted molar refractivity (Wildman–Crippen MR) is 80.5 cm³/mol. The average Bonchev–Trinajstić information content (AvgIpc) is 3.29. The number of hydrogen-bond donors (Lipinski definition) is 0. The van der Waals surface area contributed by atoms with Gasteiger partial charge in [-0.05, 0) is 49.6 Å². The average molecular weight is 283 g/mol. The van der Waals surface area contributed by atoms with Crippen LogP contribution < -0.4 is 0 Å². The molecule has 0 radical (unpaired) electrons. The van der Waals surface area contributed by atoms with Crippen molar-refractivity contribution in [1.82, 2.24) is 4.90 Å². The molecule has 0 aromatic heterocycles. The number of carbonyl (C=O) groups excluding carboxylic acids is 1. The normalized spacial score (nSPS) is 14.0. The van der Waals surface area contributed by atoms with E-state index in [1.807, 2.05) is 42.2 Å². The molecule has 0 aliphatic heterocycles. The van der Waals surface area contributed by atoms with Gasteiger partial charge < -0.3 is 4.90 Å². The molecule has 0 bridgehead atoms. The Bertz CT molecular complexity index is 647. The topological polar surface area (TPSA) is 20.3 Å². The van der Waals surface area contributed by atoms with E-state index in [2.05, 4.69) is 0 Å². The SMILES string of the molecule is Cc1ccc(C(=O)N(Cc2cccc(F)c2)C2CC2)cc1. The van der Waals surface area contributed by atoms with Gasteiger partial charge in [0.1, 0.15) is 5.82 Å². The molecule has 3 heteroatoms. The van der Waals surface area contributed by atoms with Gasteiger partial charge in [-0.2, -0.15) is 0 Å². The van der Waals surface area contributed by atoms with Gasteiger partial charge in [-0.3, -0.25) is 4.79 Å². The van der Waals surface area contributed by atoms with E-state index in [9.17, 15) is 9.18 Å². The first-order valence-corrected chi connectivity index (χ1v) is 7.25. The van der Waals surface area contributed by atoms with Crippen LogP contribution in [0.15, 0.2) is 48.5 Å². The summed E-state index contributed by atoms with van der Waals surface area (Å²) in [6, 6.07) is 14.4. The van der Waals surface area contributed by atoms with Crippen molar-refractivity contribution in [2.24, 2.45) is 0 Å². The van der Waals surface area contributed by atoms with E-state index in [1.54, 1.807) is 6.07 Å². The smallest absolute Gasteiger partial charge is 0.254 e. The lowest BCUT2D eigenvalue weighted by molar-refractivity contribution is 0.0729. The quantitative estimate of drug-likeness (QED) is 0.832. The van der Waals surface area contributed by atoms with Crippen molar-refractivity contribution < 1.29 is 9.18 Å². The van der Waals surface area contributed by atoms with E-state index in [0.29, 0.717) is 18.2 Å². The lowest BCUT2D eigenvalue weighted by Gasteiger charge is -2.23. The minimum absolute atomic E-state index is 0.0294. The monoisotopic (exact) mass is 283 g/mol. The second-order valence-electron chi connectivity index (χ2n) is 5.66. The third-order valence-electron chi connectivity index (χ3n) is 3.79. The molecular weight excluding hydrogens is 265 g/mol. The third-order valence-corrected chi connectivity index (χ3v) is 3.79. The highest BCUT2D eigenvalue weighted by Gasteiger charge is 2.33. The van der Waals surface area contributed by atoms with Crippen molar-refractivity contribution in [3.63, 3.8) is 0 Å². The van der Waals surface area contributed by atoms with Crippen molar-refractivity contribution in [3.05, 3.63) is 71.0 Å². The van der Waals surface area contributed by atoms with Gasteiger partial charge >= 0.3 is 0 Å². The third kappa shape index (κ3) is 3.30. The number of amides is 1. The van der Waals surface area contributed by atoms with E-state index in [4.69, 9.17) is 0 Å². The molecule has 2 aromatic carbocycles. The lowest BCUT2D eigenvalue weighted by Crippen LogP contribution is -2.32. The zero-order valence-corrected chi connectivity index (χ0v) is 12.1. The standard InChI is InChI=1S/C18H18FNO/c1-13-5-7-15(8-6-13)18(21)20(17-9-10-17)12-14-3-2-4-16(19)11-14/h2-8,11,17H,9-10,12H2,1H3. The molecule has 108 valence electrons. The summed E-state index contributed by atoms with van der Waals surface area (Å²) in [6.45, 7) is 2.47. The van der Waals surface area contributed by atoms with Crippen molar-refractivity contribution in [2.45, 2.75) is 32.4 Å². The van der Waals surface area contributed by atoms with Crippen molar-refractivity contribution in [2.75, 3.05) is 0 Å². The van der Waals surface area contributed by atoms with Crippen molar-refractivity contribution >= 4 is 5.91 Å². The fraction of sp³-hybridized carbons (Fsp3) is 0.278. The van der Waals surface area contributed by atoms with E-state index in [1.165, 1.54) is 12.1 Å². The molecule has 0 saturated heterocycles. The van der Waals surface area contributed by atoms with E-state index >= 15 is 0 Å². The molecule has 2 aromatic rings. The summed E-state index contributed by atoms with van der Waals surface area (Å²) in [6.07, 6.45) is 2.07. The van der Waals surface area contributed by atoms with Crippen molar-refractivity contribution in [1.29, 1.82) is 0 Å². The number of rotatable bonds is 4. The second kappa shape index (κ2) is 5.68. The highest BCUT2D eigenvalue weighted by Crippen LogP contribution is 2.30. The summed E-state index contributed by atoms with van der Waals surface area (Å²) >= 11 is 0. The first kappa shape index (κ1) is 13.8. The number of hydrogen-bond acceptors (Lipinski definition) is 1. The van der Waals surface area contributed by atoms with Crippen molar-refractivity contribution in [3.8, 4) is 0 Å². The maximum Gasteiger partial charge on any atom is 0.254 e. The predicted octanol–water partition coefficient (Wildman–Crippen LogP) is 3.94. The molecule has 0 spiro atoms. The number of halogens is 1.